The van der Waals surface area contributed by atoms with Gasteiger partial charge in [0.1, 0.15) is 5.01 Å². The molecule has 25 heavy (non-hydrogen) atoms. The van der Waals surface area contributed by atoms with E-state index >= 15 is 0 Å². The molecular formula is C19H23N5S. The number of aromatic nitrogens is 1. The minimum Gasteiger partial charge on any atom is -0.369 e. The van der Waals surface area contributed by atoms with Crippen LogP contribution in [0.25, 0.3) is 10.6 Å². The largest absolute Gasteiger partial charge is 0.369 e. The summed E-state index contributed by atoms with van der Waals surface area (Å²) >= 11 is 1.57. The van der Waals surface area contributed by atoms with Crippen LogP contribution in [-0.2, 0) is 0 Å². The standard InChI is InChI=1S/C19H23N5S/c1-12-16(13(2)23-24-18(20)21)25-17(22-12)15-8-6-14(7-9-15)10-11-19(3,4)5/h6-9H,1-5H3,(H4,20,21,24)/b23-13+. The number of guanidine groups is 1. The fourth-order valence-electron chi connectivity index (χ4n) is 1.99. The van der Waals surface area contributed by atoms with Crippen molar-refractivity contribution in [3.8, 4) is 22.4 Å². The summed E-state index contributed by atoms with van der Waals surface area (Å²) in [5.74, 6) is 6.38. The highest BCUT2D eigenvalue weighted by molar-refractivity contribution is 7.17. The maximum atomic E-state index is 5.32. The number of nitrogens with zero attached hydrogens (tertiary/aromatic N) is 3. The molecule has 0 spiro atoms. The van der Waals surface area contributed by atoms with Gasteiger partial charge in [-0.25, -0.2) is 4.98 Å². The van der Waals surface area contributed by atoms with Gasteiger partial charge in [-0.15, -0.1) is 16.4 Å². The third-order valence-corrected chi connectivity index (χ3v) is 4.47. The first-order chi connectivity index (χ1) is 11.7. The van der Waals surface area contributed by atoms with E-state index in [1.54, 1.807) is 11.3 Å². The first kappa shape index (κ1) is 18.7. The normalized spacial score (nSPS) is 11.6. The Morgan fingerprint density at radius 3 is 2.32 bits per heavy atom. The van der Waals surface area contributed by atoms with Gasteiger partial charge in [0.2, 0.25) is 5.96 Å². The van der Waals surface area contributed by atoms with Crippen LogP contribution in [0.4, 0.5) is 0 Å². The van der Waals surface area contributed by atoms with Crippen molar-refractivity contribution in [2.24, 2.45) is 27.1 Å². The van der Waals surface area contributed by atoms with Crippen LogP contribution in [0.15, 0.2) is 34.5 Å². The van der Waals surface area contributed by atoms with Crippen molar-refractivity contribution in [1.82, 2.24) is 4.98 Å². The SMILES string of the molecule is C/C(=N\N=C(N)N)c1sc(-c2ccc(C#CC(C)(C)C)cc2)nc1C. The summed E-state index contributed by atoms with van der Waals surface area (Å²) in [5.41, 5.74) is 14.3. The van der Waals surface area contributed by atoms with Crippen molar-refractivity contribution in [2.45, 2.75) is 34.6 Å². The number of aryl methyl sites for hydroxylation is 1. The van der Waals surface area contributed by atoms with Crippen LogP contribution in [0.1, 0.15) is 43.8 Å². The molecule has 0 atom stereocenters. The van der Waals surface area contributed by atoms with Gasteiger partial charge < -0.3 is 11.5 Å². The Bertz CT molecular complexity index is 867. The van der Waals surface area contributed by atoms with E-state index in [1.165, 1.54) is 0 Å². The Morgan fingerprint density at radius 2 is 1.76 bits per heavy atom. The lowest BCUT2D eigenvalue weighted by Gasteiger charge is -2.06. The highest BCUT2D eigenvalue weighted by Crippen LogP contribution is 2.28. The van der Waals surface area contributed by atoms with Gasteiger partial charge in [-0.1, -0.05) is 24.0 Å². The molecule has 1 heterocycles. The summed E-state index contributed by atoms with van der Waals surface area (Å²) in [6.45, 7) is 10.1. The first-order valence-corrected chi connectivity index (χ1v) is 8.72. The number of thiazole rings is 1. The Balaban J connectivity index is 2.28. The van der Waals surface area contributed by atoms with Crippen molar-refractivity contribution in [3.05, 3.63) is 40.4 Å². The Labute approximate surface area is 152 Å². The molecule has 0 aliphatic heterocycles. The fraction of sp³-hybridized carbons (Fsp3) is 0.316. The van der Waals surface area contributed by atoms with Crippen LogP contribution in [0.5, 0.6) is 0 Å². The second-order valence-electron chi connectivity index (χ2n) is 6.72. The summed E-state index contributed by atoms with van der Waals surface area (Å²) in [6, 6.07) is 8.12. The quantitative estimate of drug-likeness (QED) is 0.383. The molecule has 0 radical (unpaired) electrons. The predicted molar refractivity (Wildman–Crippen MR) is 107 cm³/mol. The van der Waals surface area contributed by atoms with E-state index in [0.717, 1.165) is 32.4 Å². The summed E-state index contributed by atoms with van der Waals surface area (Å²) < 4.78 is 0. The molecule has 0 fully saturated rings. The Kier molecular flexibility index (Phi) is 5.60. The number of hydrogen-bond acceptors (Lipinski definition) is 4. The van der Waals surface area contributed by atoms with Crippen LogP contribution < -0.4 is 11.5 Å². The third-order valence-electron chi connectivity index (χ3n) is 3.15. The molecule has 0 unspecified atom stereocenters. The minimum absolute atomic E-state index is 0.00768. The van der Waals surface area contributed by atoms with Crippen LogP contribution in [-0.4, -0.2) is 16.7 Å². The smallest absolute Gasteiger partial charge is 0.211 e. The van der Waals surface area contributed by atoms with E-state index in [2.05, 4.69) is 47.8 Å². The lowest BCUT2D eigenvalue weighted by Crippen LogP contribution is -2.22. The van der Waals surface area contributed by atoms with Crippen LogP contribution >= 0.6 is 11.3 Å². The number of hydrogen-bond donors (Lipinski definition) is 2. The lowest BCUT2D eigenvalue weighted by molar-refractivity contribution is 0.571. The molecule has 5 nitrogen and oxygen atoms in total. The molecule has 6 heteroatoms. The van der Waals surface area contributed by atoms with Crippen molar-refractivity contribution < 1.29 is 0 Å². The monoisotopic (exact) mass is 353 g/mol. The van der Waals surface area contributed by atoms with Crippen LogP contribution in [0, 0.1) is 24.2 Å². The van der Waals surface area contributed by atoms with Crippen molar-refractivity contribution in [1.29, 1.82) is 0 Å². The zero-order valence-corrected chi connectivity index (χ0v) is 16.0. The molecule has 2 aromatic rings. The molecule has 1 aromatic heterocycles. The zero-order chi connectivity index (χ0) is 18.6. The van der Waals surface area contributed by atoms with Gasteiger partial charge in [0, 0.05) is 16.5 Å². The topological polar surface area (TPSA) is 89.6 Å². The number of rotatable bonds is 3. The van der Waals surface area contributed by atoms with Gasteiger partial charge >= 0.3 is 0 Å². The maximum absolute atomic E-state index is 5.32. The van der Waals surface area contributed by atoms with Gasteiger partial charge in [0.05, 0.1) is 16.3 Å². The summed E-state index contributed by atoms with van der Waals surface area (Å²) in [7, 11) is 0. The second kappa shape index (κ2) is 7.49. The lowest BCUT2D eigenvalue weighted by atomic mass is 9.97. The van der Waals surface area contributed by atoms with Crippen molar-refractivity contribution in [2.75, 3.05) is 0 Å². The Morgan fingerprint density at radius 1 is 1.12 bits per heavy atom. The molecule has 2 rings (SSSR count). The predicted octanol–water partition coefficient (Wildman–Crippen LogP) is 3.51. The highest BCUT2D eigenvalue weighted by atomic mass is 32.1. The first-order valence-electron chi connectivity index (χ1n) is 7.90. The average Bonchev–Trinajstić information content (AvgIpc) is 2.92. The van der Waals surface area contributed by atoms with Gasteiger partial charge in [-0.2, -0.15) is 5.10 Å². The van der Waals surface area contributed by atoms with E-state index in [1.807, 2.05) is 38.1 Å². The second-order valence-corrected chi connectivity index (χ2v) is 7.72. The van der Waals surface area contributed by atoms with Crippen LogP contribution in [0.3, 0.4) is 0 Å². The van der Waals surface area contributed by atoms with E-state index in [4.69, 9.17) is 11.5 Å². The molecule has 0 saturated carbocycles. The number of nitrogens with two attached hydrogens (primary N) is 2. The van der Waals surface area contributed by atoms with E-state index in [9.17, 15) is 0 Å². The fourth-order valence-corrected chi connectivity index (χ4v) is 3.00. The number of benzene rings is 1. The molecule has 1 aromatic carbocycles. The minimum atomic E-state index is -0.0614. The van der Waals surface area contributed by atoms with Gasteiger partial charge in [-0.05, 0) is 46.8 Å². The molecule has 130 valence electrons. The average molecular weight is 353 g/mol. The Hall–Kier alpha value is -2.65. The summed E-state index contributed by atoms with van der Waals surface area (Å²) in [4.78, 5) is 5.60. The summed E-state index contributed by atoms with van der Waals surface area (Å²) in [5, 5.41) is 8.66. The van der Waals surface area contributed by atoms with Gasteiger partial charge in [0.15, 0.2) is 0 Å². The van der Waals surface area contributed by atoms with Crippen LogP contribution in [0.2, 0.25) is 0 Å². The molecule has 0 aliphatic carbocycles. The molecule has 0 saturated heterocycles. The van der Waals surface area contributed by atoms with Gasteiger partial charge in [-0.3, -0.25) is 0 Å². The molecule has 4 N–H and O–H groups in total. The molecular weight excluding hydrogens is 330 g/mol. The van der Waals surface area contributed by atoms with Crippen molar-refractivity contribution in [3.63, 3.8) is 0 Å². The highest BCUT2D eigenvalue weighted by Gasteiger charge is 2.12. The molecule has 0 amide bonds. The molecule has 0 aliphatic rings. The maximum Gasteiger partial charge on any atom is 0.211 e. The van der Waals surface area contributed by atoms with E-state index < -0.39 is 0 Å². The van der Waals surface area contributed by atoms with Crippen molar-refractivity contribution >= 4 is 23.0 Å². The van der Waals surface area contributed by atoms with E-state index in [0.29, 0.717) is 0 Å². The third kappa shape index (κ3) is 5.44. The zero-order valence-electron chi connectivity index (χ0n) is 15.2. The van der Waals surface area contributed by atoms with Gasteiger partial charge in [0.25, 0.3) is 0 Å². The summed E-state index contributed by atoms with van der Waals surface area (Å²) in [6.07, 6.45) is 0. The molecule has 0 bridgehead atoms. The van der Waals surface area contributed by atoms with E-state index in [-0.39, 0.29) is 11.4 Å².